The molecule has 0 radical (unpaired) electrons. The van der Waals surface area contributed by atoms with Gasteiger partial charge in [0, 0.05) is 19.2 Å². The highest BCUT2D eigenvalue weighted by atomic mass is 32.1. The van der Waals surface area contributed by atoms with E-state index in [0.29, 0.717) is 5.69 Å². The second kappa shape index (κ2) is 6.52. The molecule has 0 atom stereocenters. The highest BCUT2D eigenvalue weighted by Gasteiger charge is 2.19. The number of anilines is 1. The Bertz CT molecular complexity index is 580. The molecule has 0 spiro atoms. The summed E-state index contributed by atoms with van der Waals surface area (Å²) >= 11 is 1.51. The minimum atomic E-state index is -0.471. The molecule has 4 nitrogen and oxygen atoms in total. The zero-order chi connectivity index (χ0) is 14.5. The fourth-order valence-electron chi connectivity index (χ4n) is 1.93. The van der Waals surface area contributed by atoms with Crippen molar-refractivity contribution >= 4 is 22.2 Å². The Balaban J connectivity index is 2.36. The van der Waals surface area contributed by atoms with Gasteiger partial charge in [-0.15, -0.1) is 0 Å². The van der Waals surface area contributed by atoms with Crippen LogP contribution < -0.4 is 10.6 Å². The van der Waals surface area contributed by atoms with Crippen molar-refractivity contribution in [3.63, 3.8) is 0 Å². The van der Waals surface area contributed by atoms with Crippen LogP contribution in [0.15, 0.2) is 30.3 Å². The summed E-state index contributed by atoms with van der Waals surface area (Å²) in [7, 11) is 1.98. The average Bonchev–Trinajstić information content (AvgIpc) is 2.91. The third kappa shape index (κ3) is 3.17. The standard InChI is InChI=1S/C15H19N3OS/c1-3-4-10-18(2)15-12(13(16)19)17-14(20-15)11-8-6-5-7-9-11/h5-9H,3-4,10H2,1-2H3,(H2,16,19). The van der Waals surface area contributed by atoms with E-state index in [0.717, 1.165) is 35.0 Å². The highest BCUT2D eigenvalue weighted by molar-refractivity contribution is 7.19. The zero-order valence-electron chi connectivity index (χ0n) is 11.8. The van der Waals surface area contributed by atoms with Crippen LogP contribution in [0.5, 0.6) is 0 Å². The van der Waals surface area contributed by atoms with Gasteiger partial charge in [-0.1, -0.05) is 55.0 Å². The van der Waals surface area contributed by atoms with Crippen LogP contribution in [0, 0.1) is 0 Å². The number of thiazole rings is 1. The van der Waals surface area contributed by atoms with Crippen molar-refractivity contribution in [2.45, 2.75) is 19.8 Å². The molecule has 0 fully saturated rings. The van der Waals surface area contributed by atoms with Crippen molar-refractivity contribution in [3.05, 3.63) is 36.0 Å². The van der Waals surface area contributed by atoms with Crippen LogP contribution in [0.1, 0.15) is 30.3 Å². The van der Waals surface area contributed by atoms with Gasteiger partial charge in [-0.05, 0) is 6.42 Å². The molecule has 0 aliphatic carbocycles. The van der Waals surface area contributed by atoms with Crippen molar-refractivity contribution in [2.24, 2.45) is 5.73 Å². The van der Waals surface area contributed by atoms with Crippen molar-refractivity contribution in [1.82, 2.24) is 4.98 Å². The number of primary amides is 1. The van der Waals surface area contributed by atoms with Crippen LogP contribution in [0.4, 0.5) is 5.00 Å². The molecule has 2 aromatic rings. The van der Waals surface area contributed by atoms with Gasteiger partial charge in [0.1, 0.15) is 10.0 Å². The Morgan fingerprint density at radius 3 is 2.65 bits per heavy atom. The maximum Gasteiger partial charge on any atom is 0.270 e. The summed E-state index contributed by atoms with van der Waals surface area (Å²) in [6, 6.07) is 9.85. The zero-order valence-corrected chi connectivity index (χ0v) is 12.6. The number of unbranched alkanes of at least 4 members (excludes halogenated alkanes) is 1. The van der Waals surface area contributed by atoms with Gasteiger partial charge in [-0.2, -0.15) is 0 Å². The lowest BCUT2D eigenvalue weighted by Crippen LogP contribution is -2.22. The van der Waals surface area contributed by atoms with Gasteiger partial charge in [-0.25, -0.2) is 4.98 Å². The molecule has 0 aliphatic heterocycles. The Labute approximate surface area is 123 Å². The van der Waals surface area contributed by atoms with E-state index in [1.165, 1.54) is 11.3 Å². The number of carbonyl (C=O) groups excluding carboxylic acids is 1. The number of rotatable bonds is 6. The summed E-state index contributed by atoms with van der Waals surface area (Å²) in [6.45, 7) is 3.04. The average molecular weight is 289 g/mol. The maximum atomic E-state index is 11.6. The molecule has 2 rings (SSSR count). The number of hydrogen-bond donors (Lipinski definition) is 1. The van der Waals surface area contributed by atoms with Crippen molar-refractivity contribution < 1.29 is 4.79 Å². The lowest BCUT2D eigenvalue weighted by atomic mass is 10.2. The number of benzene rings is 1. The number of hydrogen-bond acceptors (Lipinski definition) is 4. The van der Waals surface area contributed by atoms with E-state index >= 15 is 0 Å². The fraction of sp³-hybridized carbons (Fsp3) is 0.333. The minimum absolute atomic E-state index is 0.368. The highest BCUT2D eigenvalue weighted by Crippen LogP contribution is 2.34. The van der Waals surface area contributed by atoms with E-state index in [2.05, 4.69) is 16.8 Å². The molecule has 1 aromatic carbocycles. The first kappa shape index (κ1) is 14.5. The first-order valence-electron chi connectivity index (χ1n) is 6.70. The molecule has 1 aromatic heterocycles. The van der Waals surface area contributed by atoms with E-state index < -0.39 is 5.91 Å². The lowest BCUT2D eigenvalue weighted by molar-refractivity contribution is 0.0997. The SMILES string of the molecule is CCCCN(C)c1sc(-c2ccccc2)nc1C(N)=O. The predicted molar refractivity (Wildman–Crippen MR) is 84.2 cm³/mol. The van der Waals surface area contributed by atoms with Crippen LogP contribution in [0.25, 0.3) is 10.6 Å². The quantitative estimate of drug-likeness (QED) is 0.888. The van der Waals surface area contributed by atoms with E-state index in [-0.39, 0.29) is 0 Å². The molecular weight excluding hydrogens is 270 g/mol. The molecule has 0 saturated heterocycles. The van der Waals surface area contributed by atoms with Gasteiger partial charge >= 0.3 is 0 Å². The van der Waals surface area contributed by atoms with Crippen LogP contribution >= 0.6 is 11.3 Å². The van der Waals surface area contributed by atoms with Gasteiger partial charge in [-0.3, -0.25) is 4.79 Å². The summed E-state index contributed by atoms with van der Waals surface area (Å²) in [4.78, 5) is 18.1. The molecule has 2 N–H and O–H groups in total. The Hall–Kier alpha value is -1.88. The van der Waals surface area contributed by atoms with Crippen LogP contribution in [0.2, 0.25) is 0 Å². The Morgan fingerprint density at radius 2 is 2.05 bits per heavy atom. The molecule has 0 aliphatic rings. The summed E-state index contributed by atoms with van der Waals surface area (Å²) < 4.78 is 0. The molecule has 1 amide bonds. The topological polar surface area (TPSA) is 59.2 Å². The van der Waals surface area contributed by atoms with Crippen molar-refractivity contribution in [1.29, 1.82) is 0 Å². The normalized spacial score (nSPS) is 10.5. The summed E-state index contributed by atoms with van der Waals surface area (Å²) in [6.07, 6.45) is 2.19. The molecule has 0 unspecified atom stereocenters. The van der Waals surface area contributed by atoms with Crippen LogP contribution in [0.3, 0.4) is 0 Å². The number of carbonyl (C=O) groups is 1. The fourth-order valence-corrected chi connectivity index (χ4v) is 3.00. The first-order chi connectivity index (χ1) is 9.63. The predicted octanol–water partition coefficient (Wildman–Crippen LogP) is 3.15. The number of nitrogens with zero attached hydrogens (tertiary/aromatic N) is 2. The second-order valence-electron chi connectivity index (χ2n) is 4.68. The van der Waals surface area contributed by atoms with E-state index in [9.17, 15) is 4.79 Å². The number of nitrogens with two attached hydrogens (primary N) is 1. The Kier molecular flexibility index (Phi) is 4.74. The molecule has 106 valence electrons. The van der Waals surface area contributed by atoms with E-state index in [4.69, 9.17) is 5.73 Å². The molecule has 0 saturated carbocycles. The molecule has 0 bridgehead atoms. The summed E-state index contributed by atoms with van der Waals surface area (Å²) in [5, 5.41) is 1.68. The van der Waals surface area contributed by atoms with E-state index in [1.807, 2.05) is 37.4 Å². The maximum absolute atomic E-state index is 11.6. The summed E-state index contributed by atoms with van der Waals surface area (Å²) in [5.74, 6) is -0.471. The molecular formula is C15H19N3OS. The van der Waals surface area contributed by atoms with Gasteiger partial charge < -0.3 is 10.6 Å². The summed E-state index contributed by atoms with van der Waals surface area (Å²) in [5.41, 5.74) is 6.83. The molecule has 1 heterocycles. The Morgan fingerprint density at radius 1 is 1.35 bits per heavy atom. The largest absolute Gasteiger partial charge is 0.365 e. The second-order valence-corrected chi connectivity index (χ2v) is 5.66. The van der Waals surface area contributed by atoms with Crippen molar-refractivity contribution in [2.75, 3.05) is 18.5 Å². The first-order valence-corrected chi connectivity index (χ1v) is 7.52. The monoisotopic (exact) mass is 289 g/mol. The van der Waals surface area contributed by atoms with Gasteiger partial charge in [0.15, 0.2) is 5.69 Å². The third-order valence-electron chi connectivity index (χ3n) is 3.06. The lowest BCUT2D eigenvalue weighted by Gasteiger charge is -2.16. The van der Waals surface area contributed by atoms with Gasteiger partial charge in [0.25, 0.3) is 5.91 Å². The van der Waals surface area contributed by atoms with Crippen molar-refractivity contribution in [3.8, 4) is 10.6 Å². The van der Waals surface area contributed by atoms with Crippen LogP contribution in [-0.4, -0.2) is 24.5 Å². The molecule has 5 heteroatoms. The van der Waals surface area contributed by atoms with E-state index in [1.54, 1.807) is 0 Å². The van der Waals surface area contributed by atoms with Gasteiger partial charge in [0.2, 0.25) is 0 Å². The van der Waals surface area contributed by atoms with Gasteiger partial charge in [0.05, 0.1) is 0 Å². The third-order valence-corrected chi connectivity index (χ3v) is 4.28. The number of amides is 1. The van der Waals surface area contributed by atoms with Crippen LogP contribution in [-0.2, 0) is 0 Å². The number of aromatic nitrogens is 1. The molecule has 20 heavy (non-hydrogen) atoms. The smallest absolute Gasteiger partial charge is 0.270 e. The minimum Gasteiger partial charge on any atom is -0.365 e.